The summed E-state index contributed by atoms with van der Waals surface area (Å²) in [7, 11) is 0. The average Bonchev–Trinajstić information content (AvgIpc) is 3.18. The van der Waals surface area contributed by atoms with Gasteiger partial charge in [-0.25, -0.2) is 0 Å². The maximum atomic E-state index is 6.12. The summed E-state index contributed by atoms with van der Waals surface area (Å²) in [5, 5.41) is 9.30. The third-order valence-corrected chi connectivity index (χ3v) is 5.37. The highest BCUT2D eigenvalue weighted by Crippen LogP contribution is 2.27. The number of hydrogen-bond acceptors (Lipinski definition) is 5. The van der Waals surface area contributed by atoms with Crippen LogP contribution < -0.4 is 4.90 Å². The first-order valence-electron chi connectivity index (χ1n) is 9.25. The van der Waals surface area contributed by atoms with Gasteiger partial charge in [0.2, 0.25) is 11.8 Å². The molecule has 1 aliphatic heterocycles. The minimum absolute atomic E-state index is 0.0956. The monoisotopic (exact) mass is 382 g/mol. The molecule has 2 heterocycles. The summed E-state index contributed by atoms with van der Waals surface area (Å²) in [6.45, 7) is 7.97. The highest BCUT2D eigenvalue weighted by molar-refractivity contribution is 6.30. The van der Waals surface area contributed by atoms with Gasteiger partial charge in [0, 0.05) is 42.5 Å². The van der Waals surface area contributed by atoms with Crippen molar-refractivity contribution < 1.29 is 4.42 Å². The van der Waals surface area contributed by atoms with Crippen molar-refractivity contribution in [1.82, 2.24) is 15.1 Å². The highest BCUT2D eigenvalue weighted by Gasteiger charge is 2.26. The van der Waals surface area contributed by atoms with Crippen LogP contribution >= 0.6 is 11.6 Å². The summed E-state index contributed by atoms with van der Waals surface area (Å²) in [5.74, 6) is 1.25. The van der Waals surface area contributed by atoms with Gasteiger partial charge in [-0.15, -0.1) is 10.2 Å². The Morgan fingerprint density at radius 2 is 1.74 bits per heavy atom. The number of nitrogens with zero attached hydrogens (tertiary/aromatic N) is 4. The van der Waals surface area contributed by atoms with Crippen LogP contribution in [0.1, 0.15) is 24.4 Å². The van der Waals surface area contributed by atoms with Crippen LogP contribution in [0, 0.1) is 6.92 Å². The molecule has 3 aromatic rings. The second-order valence-corrected chi connectivity index (χ2v) is 7.43. The van der Waals surface area contributed by atoms with Crippen molar-refractivity contribution >= 4 is 17.3 Å². The van der Waals surface area contributed by atoms with E-state index in [1.807, 2.05) is 30.3 Å². The molecule has 1 atom stereocenters. The van der Waals surface area contributed by atoms with Crippen LogP contribution in [-0.4, -0.2) is 41.3 Å². The standard InChI is InChI=1S/C21H23ClN4O/c1-15-6-8-17(9-7-15)21-24-23-20(27-21)16(2)25-10-12-26(13-11-25)19-5-3-4-18(22)14-19/h3-9,14,16H,10-13H2,1-2H3. The molecule has 0 N–H and O–H groups in total. The Kier molecular flexibility index (Phi) is 5.14. The van der Waals surface area contributed by atoms with Gasteiger partial charge in [-0.3, -0.25) is 4.90 Å². The quantitative estimate of drug-likeness (QED) is 0.660. The number of rotatable bonds is 4. The molecule has 1 aromatic heterocycles. The first-order chi connectivity index (χ1) is 13.1. The molecule has 1 saturated heterocycles. The summed E-state index contributed by atoms with van der Waals surface area (Å²) in [5.41, 5.74) is 3.34. The lowest BCUT2D eigenvalue weighted by atomic mass is 10.1. The van der Waals surface area contributed by atoms with Crippen LogP contribution in [0.4, 0.5) is 5.69 Å². The van der Waals surface area contributed by atoms with E-state index in [0.29, 0.717) is 11.8 Å². The predicted octanol–water partition coefficient (Wildman–Crippen LogP) is 4.58. The van der Waals surface area contributed by atoms with E-state index in [2.05, 4.69) is 52.0 Å². The number of piperazine rings is 1. The summed E-state index contributed by atoms with van der Waals surface area (Å²) >= 11 is 6.12. The van der Waals surface area contributed by atoms with E-state index in [1.165, 1.54) is 11.3 Å². The second kappa shape index (κ2) is 7.71. The van der Waals surface area contributed by atoms with Crippen molar-refractivity contribution in [1.29, 1.82) is 0 Å². The van der Waals surface area contributed by atoms with Gasteiger partial charge >= 0.3 is 0 Å². The smallest absolute Gasteiger partial charge is 0.247 e. The topological polar surface area (TPSA) is 45.4 Å². The molecule has 0 bridgehead atoms. The molecule has 140 valence electrons. The Bertz CT molecular complexity index is 901. The second-order valence-electron chi connectivity index (χ2n) is 6.99. The summed E-state index contributed by atoms with van der Waals surface area (Å²) < 4.78 is 5.96. The Labute approximate surface area is 164 Å². The van der Waals surface area contributed by atoms with Gasteiger partial charge in [0.25, 0.3) is 0 Å². The fourth-order valence-electron chi connectivity index (χ4n) is 3.41. The number of halogens is 1. The van der Waals surface area contributed by atoms with Gasteiger partial charge in [-0.05, 0) is 44.2 Å². The molecule has 1 unspecified atom stereocenters. The maximum Gasteiger partial charge on any atom is 0.247 e. The van der Waals surface area contributed by atoms with Crippen molar-refractivity contribution in [3.05, 3.63) is 65.0 Å². The normalized spacial score (nSPS) is 16.5. The van der Waals surface area contributed by atoms with Crippen molar-refractivity contribution in [2.75, 3.05) is 31.1 Å². The molecule has 27 heavy (non-hydrogen) atoms. The summed E-state index contributed by atoms with van der Waals surface area (Å²) in [6, 6.07) is 16.3. The van der Waals surface area contributed by atoms with E-state index < -0.39 is 0 Å². The zero-order valence-electron chi connectivity index (χ0n) is 15.6. The molecule has 0 spiro atoms. The van der Waals surface area contributed by atoms with Gasteiger partial charge in [0.05, 0.1) is 6.04 Å². The molecular weight excluding hydrogens is 360 g/mol. The number of anilines is 1. The first-order valence-corrected chi connectivity index (χ1v) is 9.63. The molecule has 6 heteroatoms. The molecule has 1 fully saturated rings. The van der Waals surface area contributed by atoms with Crippen LogP contribution in [0.25, 0.3) is 11.5 Å². The van der Waals surface area contributed by atoms with Crippen molar-refractivity contribution in [3.8, 4) is 11.5 Å². The Morgan fingerprint density at radius 1 is 1.00 bits per heavy atom. The van der Waals surface area contributed by atoms with Crippen LogP contribution in [0.3, 0.4) is 0 Å². The van der Waals surface area contributed by atoms with E-state index in [-0.39, 0.29) is 6.04 Å². The lowest BCUT2D eigenvalue weighted by Gasteiger charge is -2.38. The fraction of sp³-hybridized carbons (Fsp3) is 0.333. The summed E-state index contributed by atoms with van der Waals surface area (Å²) in [6.07, 6.45) is 0. The molecule has 5 nitrogen and oxygen atoms in total. The Balaban J connectivity index is 1.41. The van der Waals surface area contributed by atoms with E-state index in [1.54, 1.807) is 0 Å². The van der Waals surface area contributed by atoms with Crippen molar-refractivity contribution in [3.63, 3.8) is 0 Å². The fourth-order valence-corrected chi connectivity index (χ4v) is 3.60. The third kappa shape index (κ3) is 3.99. The largest absolute Gasteiger partial charge is 0.419 e. The van der Waals surface area contributed by atoms with Crippen molar-refractivity contribution in [2.24, 2.45) is 0 Å². The molecule has 2 aromatic carbocycles. The molecule has 0 saturated carbocycles. The SMILES string of the molecule is Cc1ccc(-c2nnc(C(C)N3CCN(c4cccc(Cl)c4)CC3)o2)cc1. The zero-order chi connectivity index (χ0) is 18.8. The van der Waals surface area contributed by atoms with Gasteiger partial charge in [0.1, 0.15) is 0 Å². The minimum atomic E-state index is 0.0956. The van der Waals surface area contributed by atoms with Crippen LogP contribution in [-0.2, 0) is 0 Å². The van der Waals surface area contributed by atoms with Gasteiger partial charge in [-0.1, -0.05) is 35.4 Å². The van der Waals surface area contributed by atoms with E-state index in [0.717, 1.165) is 36.8 Å². The maximum absolute atomic E-state index is 6.12. The number of benzene rings is 2. The summed E-state index contributed by atoms with van der Waals surface area (Å²) in [4.78, 5) is 4.74. The number of aromatic nitrogens is 2. The first kappa shape index (κ1) is 18.0. The Hall–Kier alpha value is -2.37. The highest BCUT2D eigenvalue weighted by atomic mass is 35.5. The van der Waals surface area contributed by atoms with E-state index in [4.69, 9.17) is 16.0 Å². The van der Waals surface area contributed by atoms with Crippen LogP contribution in [0.5, 0.6) is 0 Å². The average molecular weight is 383 g/mol. The predicted molar refractivity (Wildman–Crippen MR) is 108 cm³/mol. The van der Waals surface area contributed by atoms with Crippen molar-refractivity contribution in [2.45, 2.75) is 19.9 Å². The van der Waals surface area contributed by atoms with E-state index >= 15 is 0 Å². The number of hydrogen-bond donors (Lipinski definition) is 0. The molecule has 4 rings (SSSR count). The Morgan fingerprint density at radius 3 is 2.44 bits per heavy atom. The lowest BCUT2D eigenvalue weighted by Crippen LogP contribution is -2.47. The minimum Gasteiger partial charge on any atom is -0.419 e. The molecule has 0 aliphatic carbocycles. The number of aryl methyl sites for hydroxylation is 1. The van der Waals surface area contributed by atoms with Gasteiger partial charge in [-0.2, -0.15) is 0 Å². The lowest BCUT2D eigenvalue weighted by molar-refractivity contribution is 0.174. The third-order valence-electron chi connectivity index (χ3n) is 5.13. The molecular formula is C21H23ClN4O. The van der Waals surface area contributed by atoms with E-state index in [9.17, 15) is 0 Å². The molecule has 1 aliphatic rings. The van der Waals surface area contributed by atoms with Crippen LogP contribution in [0.15, 0.2) is 52.9 Å². The van der Waals surface area contributed by atoms with Gasteiger partial charge < -0.3 is 9.32 Å². The van der Waals surface area contributed by atoms with Gasteiger partial charge in [0.15, 0.2) is 0 Å². The molecule has 0 amide bonds. The zero-order valence-corrected chi connectivity index (χ0v) is 16.4. The van der Waals surface area contributed by atoms with Crippen LogP contribution in [0.2, 0.25) is 5.02 Å². The molecule has 0 radical (unpaired) electrons.